The van der Waals surface area contributed by atoms with Crippen LogP contribution >= 0.6 is 0 Å². The van der Waals surface area contributed by atoms with Gasteiger partial charge in [0.05, 0.1) is 20.3 Å². The Morgan fingerprint density at radius 3 is 2.79 bits per heavy atom. The number of hydrogen-bond donors (Lipinski definition) is 3. The molecule has 1 fully saturated rings. The minimum Gasteiger partial charge on any atom is -0.497 e. The Bertz CT molecular complexity index is 591. The number of ether oxygens (including phenoxy) is 2. The van der Waals surface area contributed by atoms with Crippen molar-refractivity contribution in [1.82, 2.24) is 16.0 Å². The third kappa shape index (κ3) is 4.53. The minimum absolute atomic E-state index is 0.127. The summed E-state index contributed by atoms with van der Waals surface area (Å²) in [5.74, 6) is 1.19. The van der Waals surface area contributed by atoms with Crippen LogP contribution in [0.5, 0.6) is 11.5 Å². The van der Waals surface area contributed by atoms with Crippen molar-refractivity contribution >= 4 is 11.9 Å². The summed E-state index contributed by atoms with van der Waals surface area (Å²) in [5, 5.41) is 8.39. The molecule has 1 aliphatic rings. The molecule has 0 aliphatic carbocycles. The van der Waals surface area contributed by atoms with E-state index in [2.05, 4.69) is 16.0 Å². The Balaban J connectivity index is 1.99. The number of amides is 3. The maximum absolute atomic E-state index is 12.2. The molecule has 1 saturated heterocycles. The van der Waals surface area contributed by atoms with Crippen LogP contribution in [-0.4, -0.2) is 38.7 Å². The summed E-state index contributed by atoms with van der Waals surface area (Å²) < 4.78 is 10.5. The van der Waals surface area contributed by atoms with Gasteiger partial charge in [0.1, 0.15) is 17.5 Å². The van der Waals surface area contributed by atoms with Gasteiger partial charge in [-0.1, -0.05) is 0 Å². The van der Waals surface area contributed by atoms with Gasteiger partial charge >= 0.3 is 6.03 Å². The molecule has 0 saturated carbocycles. The van der Waals surface area contributed by atoms with Gasteiger partial charge in [0.15, 0.2) is 0 Å². The van der Waals surface area contributed by atoms with Crippen molar-refractivity contribution in [3.63, 3.8) is 0 Å². The van der Waals surface area contributed by atoms with Crippen molar-refractivity contribution in [1.29, 1.82) is 0 Å². The van der Waals surface area contributed by atoms with E-state index in [9.17, 15) is 9.59 Å². The number of methoxy groups -OCH3 is 2. The van der Waals surface area contributed by atoms with Gasteiger partial charge < -0.3 is 25.4 Å². The van der Waals surface area contributed by atoms with E-state index in [-0.39, 0.29) is 18.0 Å². The highest BCUT2D eigenvalue weighted by molar-refractivity contribution is 5.87. The van der Waals surface area contributed by atoms with Gasteiger partial charge in [-0.3, -0.25) is 4.79 Å². The normalized spacial score (nSPS) is 18.8. The fourth-order valence-corrected chi connectivity index (χ4v) is 2.73. The predicted octanol–water partition coefficient (Wildman–Crippen LogP) is 1.73. The number of rotatable bonds is 5. The number of urea groups is 1. The molecule has 2 atom stereocenters. The van der Waals surface area contributed by atoms with Crippen LogP contribution in [-0.2, 0) is 4.79 Å². The first kappa shape index (κ1) is 17.9. The zero-order chi connectivity index (χ0) is 17.5. The van der Waals surface area contributed by atoms with E-state index in [1.807, 2.05) is 19.1 Å². The van der Waals surface area contributed by atoms with E-state index in [1.165, 1.54) is 0 Å². The molecule has 1 aromatic rings. The molecule has 3 amide bonds. The lowest BCUT2D eigenvalue weighted by Gasteiger charge is -2.21. The molecule has 1 aromatic carbocycles. The van der Waals surface area contributed by atoms with E-state index in [4.69, 9.17) is 9.47 Å². The number of nitrogens with one attached hydrogen (secondary N) is 3. The fraction of sp³-hybridized carbons (Fsp3) is 0.529. The largest absolute Gasteiger partial charge is 0.497 e. The smallest absolute Gasteiger partial charge is 0.315 e. The summed E-state index contributed by atoms with van der Waals surface area (Å²) in [5.41, 5.74) is 0.832. The highest BCUT2D eigenvalue weighted by Gasteiger charge is 2.23. The highest BCUT2D eigenvalue weighted by Crippen LogP contribution is 2.29. The standard InChI is InChI=1S/C17H25N3O4/c1-11(13-8-7-12(23-2)10-15(13)24-3)19-17(22)20-14-6-4-5-9-18-16(14)21/h7-8,10-11,14H,4-6,9H2,1-3H3,(H,18,21)(H2,19,20,22)/t11-,14+/m0/s1. The number of benzene rings is 1. The summed E-state index contributed by atoms with van der Waals surface area (Å²) in [7, 11) is 3.16. The zero-order valence-corrected chi connectivity index (χ0v) is 14.3. The Kier molecular flexibility index (Phi) is 6.28. The third-order valence-electron chi connectivity index (χ3n) is 4.10. The van der Waals surface area contributed by atoms with E-state index in [1.54, 1.807) is 20.3 Å². The summed E-state index contributed by atoms with van der Waals surface area (Å²) in [6, 6.07) is 4.29. The first-order chi connectivity index (χ1) is 11.5. The van der Waals surface area contributed by atoms with Crippen molar-refractivity contribution in [2.75, 3.05) is 20.8 Å². The SMILES string of the molecule is COc1ccc([C@H](C)NC(=O)N[C@@H]2CCCCNC2=O)c(OC)c1. The Morgan fingerprint density at radius 1 is 1.29 bits per heavy atom. The van der Waals surface area contributed by atoms with Crippen LogP contribution < -0.4 is 25.4 Å². The van der Waals surface area contributed by atoms with Gasteiger partial charge in [-0.05, 0) is 38.3 Å². The molecule has 3 N–H and O–H groups in total. The van der Waals surface area contributed by atoms with Gasteiger partial charge in [-0.15, -0.1) is 0 Å². The van der Waals surface area contributed by atoms with Crippen molar-refractivity contribution in [2.24, 2.45) is 0 Å². The molecular weight excluding hydrogens is 310 g/mol. The van der Waals surface area contributed by atoms with Gasteiger partial charge in [0.2, 0.25) is 5.91 Å². The molecule has 0 radical (unpaired) electrons. The topological polar surface area (TPSA) is 88.7 Å². The van der Waals surface area contributed by atoms with Crippen LogP contribution in [0.4, 0.5) is 4.79 Å². The molecular formula is C17H25N3O4. The summed E-state index contributed by atoms with van der Waals surface area (Å²) in [6.07, 6.45) is 2.50. The predicted molar refractivity (Wildman–Crippen MR) is 90.3 cm³/mol. The molecule has 24 heavy (non-hydrogen) atoms. The van der Waals surface area contributed by atoms with Crippen molar-refractivity contribution in [2.45, 2.75) is 38.3 Å². The Morgan fingerprint density at radius 2 is 2.08 bits per heavy atom. The summed E-state index contributed by atoms with van der Waals surface area (Å²) in [4.78, 5) is 24.1. The fourth-order valence-electron chi connectivity index (χ4n) is 2.73. The minimum atomic E-state index is -0.488. The number of carbonyl (C=O) groups is 2. The molecule has 7 heteroatoms. The molecule has 7 nitrogen and oxygen atoms in total. The van der Waals surface area contributed by atoms with Crippen LogP contribution in [0.25, 0.3) is 0 Å². The number of hydrogen-bond acceptors (Lipinski definition) is 4. The van der Waals surface area contributed by atoms with Crippen LogP contribution in [0.1, 0.15) is 37.8 Å². The van der Waals surface area contributed by atoms with E-state index < -0.39 is 6.04 Å². The first-order valence-corrected chi connectivity index (χ1v) is 8.11. The highest BCUT2D eigenvalue weighted by atomic mass is 16.5. The van der Waals surface area contributed by atoms with Crippen LogP contribution in [0, 0.1) is 0 Å². The molecule has 132 valence electrons. The van der Waals surface area contributed by atoms with Crippen LogP contribution in [0.3, 0.4) is 0 Å². The molecule has 1 aliphatic heterocycles. The molecule has 1 heterocycles. The molecule has 0 aromatic heterocycles. The quantitative estimate of drug-likeness (QED) is 0.765. The number of carbonyl (C=O) groups excluding carboxylic acids is 2. The van der Waals surface area contributed by atoms with Gasteiger partial charge in [0, 0.05) is 18.2 Å². The lowest BCUT2D eigenvalue weighted by atomic mass is 10.1. The maximum atomic E-state index is 12.2. The summed E-state index contributed by atoms with van der Waals surface area (Å²) >= 11 is 0. The lowest BCUT2D eigenvalue weighted by Crippen LogP contribution is -2.49. The van der Waals surface area contributed by atoms with Gasteiger partial charge in [0.25, 0.3) is 0 Å². The maximum Gasteiger partial charge on any atom is 0.315 e. The molecule has 2 rings (SSSR count). The monoisotopic (exact) mass is 335 g/mol. The van der Waals surface area contributed by atoms with Crippen LogP contribution in [0.2, 0.25) is 0 Å². The lowest BCUT2D eigenvalue weighted by molar-refractivity contribution is -0.122. The van der Waals surface area contributed by atoms with Gasteiger partial charge in [-0.2, -0.15) is 0 Å². The Labute approximate surface area is 142 Å². The molecule has 0 bridgehead atoms. The van der Waals surface area contributed by atoms with Crippen LogP contribution in [0.15, 0.2) is 18.2 Å². The van der Waals surface area contributed by atoms with Crippen molar-refractivity contribution in [3.8, 4) is 11.5 Å². The second-order valence-electron chi connectivity index (χ2n) is 5.79. The zero-order valence-electron chi connectivity index (χ0n) is 14.3. The van der Waals surface area contributed by atoms with Crippen molar-refractivity contribution < 1.29 is 19.1 Å². The molecule has 0 spiro atoms. The van der Waals surface area contributed by atoms with E-state index >= 15 is 0 Å². The second kappa shape index (κ2) is 8.42. The van der Waals surface area contributed by atoms with E-state index in [0.29, 0.717) is 24.5 Å². The van der Waals surface area contributed by atoms with Gasteiger partial charge in [-0.25, -0.2) is 4.79 Å². The average molecular weight is 335 g/mol. The second-order valence-corrected chi connectivity index (χ2v) is 5.79. The Hall–Kier alpha value is -2.44. The van der Waals surface area contributed by atoms with E-state index in [0.717, 1.165) is 18.4 Å². The van der Waals surface area contributed by atoms with Crippen molar-refractivity contribution in [3.05, 3.63) is 23.8 Å². The molecule has 0 unspecified atom stereocenters. The first-order valence-electron chi connectivity index (χ1n) is 8.11. The average Bonchev–Trinajstić information content (AvgIpc) is 2.78. The third-order valence-corrected chi connectivity index (χ3v) is 4.10. The summed E-state index contributed by atoms with van der Waals surface area (Å²) in [6.45, 7) is 2.52.